The van der Waals surface area contributed by atoms with Crippen molar-refractivity contribution in [1.82, 2.24) is 20.0 Å². The second-order valence-corrected chi connectivity index (χ2v) is 9.61. The summed E-state index contributed by atoms with van der Waals surface area (Å²) in [5.74, 6) is -0.626. The standard InChI is InChI=1S/C22H35N5O4S/c23-18(8-2-5-11-25-9-3-1-4-10-25)21(29)27-13-12-26(22(30)31)16-19(27)20(28)24-15-17-7-6-14-32-17/h6-7,14,18-19H,1-5,8-13,15-16,23H2,(H,24,28)(H,30,31)/t18?,19-/m0/s1. The highest BCUT2D eigenvalue weighted by molar-refractivity contribution is 7.09. The van der Waals surface area contributed by atoms with Crippen molar-refractivity contribution >= 4 is 29.2 Å². The van der Waals surface area contributed by atoms with Crippen LogP contribution in [0.25, 0.3) is 0 Å². The maximum Gasteiger partial charge on any atom is 0.407 e. The van der Waals surface area contributed by atoms with Gasteiger partial charge >= 0.3 is 6.09 Å². The smallest absolute Gasteiger partial charge is 0.407 e. The SMILES string of the molecule is NC(CCCCN1CCCCC1)C(=O)N1CCN(C(=O)O)C[C@H]1C(=O)NCc1cccs1. The molecule has 2 saturated heterocycles. The van der Waals surface area contributed by atoms with Crippen LogP contribution in [0, 0.1) is 0 Å². The zero-order chi connectivity index (χ0) is 22.9. The number of amides is 3. The second-order valence-electron chi connectivity index (χ2n) is 8.58. The highest BCUT2D eigenvalue weighted by atomic mass is 32.1. The van der Waals surface area contributed by atoms with Crippen LogP contribution in [0.15, 0.2) is 17.5 Å². The van der Waals surface area contributed by atoms with Crippen LogP contribution in [-0.4, -0.2) is 89.1 Å². The number of thiophene rings is 1. The number of piperazine rings is 1. The summed E-state index contributed by atoms with van der Waals surface area (Å²) in [5.41, 5.74) is 6.21. The first-order valence-corrected chi connectivity index (χ1v) is 12.4. The Kier molecular flexibility index (Phi) is 9.31. The Balaban J connectivity index is 1.52. The molecule has 1 aromatic rings. The quantitative estimate of drug-likeness (QED) is 0.476. The van der Waals surface area contributed by atoms with Crippen molar-refractivity contribution in [1.29, 1.82) is 0 Å². The summed E-state index contributed by atoms with van der Waals surface area (Å²) < 4.78 is 0. The van der Waals surface area contributed by atoms with Gasteiger partial charge in [-0.15, -0.1) is 11.3 Å². The molecule has 0 radical (unpaired) electrons. The summed E-state index contributed by atoms with van der Waals surface area (Å²) in [6.45, 7) is 4.00. The molecule has 0 bridgehead atoms. The lowest BCUT2D eigenvalue weighted by molar-refractivity contribution is -0.144. The Labute approximate surface area is 193 Å². The Morgan fingerprint density at radius 2 is 1.94 bits per heavy atom. The maximum atomic E-state index is 13.1. The van der Waals surface area contributed by atoms with Gasteiger partial charge in [0.05, 0.1) is 19.1 Å². The molecule has 2 aliphatic heterocycles. The molecule has 4 N–H and O–H groups in total. The van der Waals surface area contributed by atoms with E-state index in [9.17, 15) is 19.5 Å². The normalized spacial score (nSPS) is 20.7. The number of nitrogens with zero attached hydrogens (tertiary/aromatic N) is 3. The van der Waals surface area contributed by atoms with Crippen LogP contribution in [-0.2, 0) is 16.1 Å². The Hall–Kier alpha value is -2.17. The monoisotopic (exact) mass is 465 g/mol. The third kappa shape index (κ3) is 6.91. The van der Waals surface area contributed by atoms with Crippen molar-refractivity contribution < 1.29 is 19.5 Å². The number of carboxylic acid groups (broad SMARTS) is 1. The highest BCUT2D eigenvalue weighted by Crippen LogP contribution is 2.16. The molecule has 3 heterocycles. The van der Waals surface area contributed by atoms with E-state index in [2.05, 4.69) is 10.2 Å². The minimum Gasteiger partial charge on any atom is -0.465 e. The van der Waals surface area contributed by atoms with E-state index in [-0.39, 0.29) is 31.4 Å². The molecule has 2 atom stereocenters. The summed E-state index contributed by atoms with van der Waals surface area (Å²) in [5, 5.41) is 14.1. The van der Waals surface area contributed by atoms with Crippen LogP contribution in [0.1, 0.15) is 43.4 Å². The van der Waals surface area contributed by atoms with Gasteiger partial charge in [0.25, 0.3) is 0 Å². The molecule has 0 aliphatic carbocycles. The number of hydrogen-bond acceptors (Lipinski definition) is 6. The van der Waals surface area contributed by atoms with Gasteiger partial charge in [0.15, 0.2) is 0 Å². The third-order valence-corrected chi connectivity index (χ3v) is 7.14. The third-order valence-electron chi connectivity index (χ3n) is 6.26. The summed E-state index contributed by atoms with van der Waals surface area (Å²) in [7, 11) is 0. The van der Waals surface area contributed by atoms with E-state index in [0.29, 0.717) is 13.0 Å². The predicted octanol–water partition coefficient (Wildman–Crippen LogP) is 1.54. The fourth-order valence-electron chi connectivity index (χ4n) is 4.37. The van der Waals surface area contributed by atoms with Gasteiger partial charge in [-0.05, 0) is 56.8 Å². The molecule has 178 valence electrons. The maximum absolute atomic E-state index is 13.1. The molecule has 10 heteroatoms. The summed E-state index contributed by atoms with van der Waals surface area (Å²) in [4.78, 5) is 43.5. The van der Waals surface area contributed by atoms with E-state index in [1.165, 1.54) is 40.4 Å². The number of piperidine rings is 1. The minimum absolute atomic E-state index is 0.0426. The lowest BCUT2D eigenvalue weighted by Crippen LogP contribution is -2.63. The van der Waals surface area contributed by atoms with Crippen molar-refractivity contribution in [2.24, 2.45) is 5.73 Å². The lowest BCUT2D eigenvalue weighted by Gasteiger charge is -2.40. The minimum atomic E-state index is -1.09. The molecule has 2 fully saturated rings. The molecule has 3 rings (SSSR count). The van der Waals surface area contributed by atoms with Crippen molar-refractivity contribution in [2.75, 3.05) is 39.3 Å². The van der Waals surface area contributed by atoms with E-state index in [1.807, 2.05) is 17.5 Å². The number of unbranched alkanes of at least 4 members (excludes halogenated alkanes) is 1. The molecule has 2 aliphatic rings. The van der Waals surface area contributed by atoms with E-state index in [4.69, 9.17) is 5.73 Å². The van der Waals surface area contributed by atoms with Gasteiger partial charge in [-0.3, -0.25) is 9.59 Å². The molecule has 0 saturated carbocycles. The fourth-order valence-corrected chi connectivity index (χ4v) is 5.01. The number of nitrogens with two attached hydrogens (primary N) is 1. The summed E-state index contributed by atoms with van der Waals surface area (Å²) in [6.07, 6.45) is 5.16. The van der Waals surface area contributed by atoms with Gasteiger partial charge in [-0.25, -0.2) is 4.79 Å². The molecule has 0 spiro atoms. The van der Waals surface area contributed by atoms with Crippen LogP contribution in [0.4, 0.5) is 4.79 Å². The van der Waals surface area contributed by atoms with E-state index in [1.54, 1.807) is 0 Å². The topological polar surface area (TPSA) is 119 Å². The zero-order valence-electron chi connectivity index (χ0n) is 18.6. The molecule has 32 heavy (non-hydrogen) atoms. The van der Waals surface area contributed by atoms with Crippen LogP contribution in [0.2, 0.25) is 0 Å². The Morgan fingerprint density at radius 3 is 2.62 bits per heavy atom. The molecular formula is C22H35N5O4S. The van der Waals surface area contributed by atoms with E-state index in [0.717, 1.165) is 37.4 Å². The van der Waals surface area contributed by atoms with Gasteiger partial charge in [0.2, 0.25) is 11.8 Å². The average molecular weight is 466 g/mol. The molecule has 1 aromatic heterocycles. The molecular weight excluding hydrogens is 430 g/mol. The molecule has 0 aromatic carbocycles. The van der Waals surface area contributed by atoms with Gasteiger partial charge in [-0.1, -0.05) is 18.9 Å². The second kappa shape index (κ2) is 12.2. The van der Waals surface area contributed by atoms with Gasteiger partial charge in [0, 0.05) is 18.0 Å². The van der Waals surface area contributed by atoms with E-state index >= 15 is 0 Å². The Morgan fingerprint density at radius 1 is 1.16 bits per heavy atom. The van der Waals surface area contributed by atoms with Crippen LogP contribution in [0.5, 0.6) is 0 Å². The fraction of sp³-hybridized carbons (Fsp3) is 0.682. The average Bonchev–Trinajstić information content (AvgIpc) is 3.33. The zero-order valence-corrected chi connectivity index (χ0v) is 19.4. The van der Waals surface area contributed by atoms with Crippen molar-refractivity contribution in [3.8, 4) is 0 Å². The van der Waals surface area contributed by atoms with Crippen LogP contribution < -0.4 is 11.1 Å². The van der Waals surface area contributed by atoms with Gasteiger partial charge < -0.3 is 30.9 Å². The first-order valence-electron chi connectivity index (χ1n) is 11.5. The lowest BCUT2D eigenvalue weighted by atomic mass is 10.0. The number of carbonyl (C=O) groups is 3. The summed E-state index contributed by atoms with van der Waals surface area (Å²) in [6, 6.07) is 2.27. The number of rotatable bonds is 9. The number of hydrogen-bond donors (Lipinski definition) is 3. The van der Waals surface area contributed by atoms with Gasteiger partial charge in [-0.2, -0.15) is 0 Å². The molecule has 1 unspecified atom stereocenters. The van der Waals surface area contributed by atoms with Crippen molar-refractivity contribution in [3.63, 3.8) is 0 Å². The Bertz CT molecular complexity index is 754. The van der Waals surface area contributed by atoms with Crippen molar-refractivity contribution in [3.05, 3.63) is 22.4 Å². The predicted molar refractivity (Wildman–Crippen MR) is 123 cm³/mol. The van der Waals surface area contributed by atoms with Crippen LogP contribution >= 0.6 is 11.3 Å². The van der Waals surface area contributed by atoms with Gasteiger partial charge in [0.1, 0.15) is 6.04 Å². The number of likely N-dealkylation sites (tertiary alicyclic amines) is 1. The summed E-state index contributed by atoms with van der Waals surface area (Å²) >= 11 is 1.53. The van der Waals surface area contributed by atoms with Crippen molar-refractivity contribution in [2.45, 2.75) is 57.2 Å². The highest BCUT2D eigenvalue weighted by Gasteiger charge is 2.38. The first kappa shape index (κ1) is 24.5. The first-order chi connectivity index (χ1) is 15.5. The van der Waals surface area contributed by atoms with E-state index < -0.39 is 18.2 Å². The largest absolute Gasteiger partial charge is 0.465 e. The molecule has 9 nitrogen and oxygen atoms in total. The number of carbonyl (C=O) groups excluding carboxylic acids is 2. The van der Waals surface area contributed by atoms with Crippen LogP contribution in [0.3, 0.4) is 0 Å². The number of nitrogens with one attached hydrogen (secondary N) is 1. The molecule has 3 amide bonds.